The molecule has 1 aromatic rings. The number of methoxy groups -OCH3 is 1. The van der Waals surface area contributed by atoms with Crippen molar-refractivity contribution in [3.05, 3.63) is 15.9 Å². The Hall–Kier alpha value is -0.390. The standard InChI is InChI=1S/C14H24BrN3O/c1-4-12-14(15)13(18(5-2)16-12)9-17-7-6-11(8-17)10-19-3/h11H,4-10H2,1-3H3. The Labute approximate surface area is 124 Å². The number of hydrogen-bond acceptors (Lipinski definition) is 3. The third kappa shape index (κ3) is 3.38. The number of halogens is 1. The molecule has 2 heterocycles. The number of likely N-dealkylation sites (tertiary alicyclic amines) is 1. The van der Waals surface area contributed by atoms with Gasteiger partial charge in [-0.25, -0.2) is 0 Å². The van der Waals surface area contributed by atoms with Gasteiger partial charge in [-0.2, -0.15) is 5.10 Å². The van der Waals surface area contributed by atoms with Gasteiger partial charge in [0.05, 0.1) is 22.5 Å². The largest absolute Gasteiger partial charge is 0.384 e. The highest BCUT2D eigenvalue weighted by atomic mass is 79.9. The minimum Gasteiger partial charge on any atom is -0.384 e. The van der Waals surface area contributed by atoms with Crippen LogP contribution in [0.1, 0.15) is 31.7 Å². The summed E-state index contributed by atoms with van der Waals surface area (Å²) < 4.78 is 8.59. The molecule has 1 aliphatic rings. The zero-order valence-electron chi connectivity index (χ0n) is 12.2. The zero-order chi connectivity index (χ0) is 13.8. The minimum atomic E-state index is 0.687. The first-order valence-electron chi connectivity index (χ1n) is 7.14. The number of nitrogens with zero attached hydrogens (tertiary/aromatic N) is 3. The average molecular weight is 330 g/mol. The summed E-state index contributed by atoms with van der Waals surface area (Å²) in [6.07, 6.45) is 2.22. The summed E-state index contributed by atoms with van der Waals surface area (Å²) >= 11 is 3.72. The summed E-state index contributed by atoms with van der Waals surface area (Å²) in [5.74, 6) is 0.687. The van der Waals surface area contributed by atoms with Crippen LogP contribution in [-0.4, -0.2) is 41.5 Å². The molecular formula is C14H24BrN3O. The molecule has 0 aromatic carbocycles. The summed E-state index contributed by atoms with van der Waals surface area (Å²) in [5.41, 5.74) is 2.49. The van der Waals surface area contributed by atoms with Crippen molar-refractivity contribution in [3.63, 3.8) is 0 Å². The van der Waals surface area contributed by atoms with E-state index in [4.69, 9.17) is 4.74 Å². The molecule has 1 saturated heterocycles. The molecule has 0 aliphatic carbocycles. The van der Waals surface area contributed by atoms with E-state index in [1.165, 1.54) is 22.3 Å². The first-order valence-corrected chi connectivity index (χ1v) is 7.94. The Morgan fingerprint density at radius 3 is 2.84 bits per heavy atom. The molecule has 1 aromatic heterocycles. The Bertz CT molecular complexity index is 419. The Balaban J connectivity index is 2.05. The minimum absolute atomic E-state index is 0.687. The second-order valence-electron chi connectivity index (χ2n) is 5.22. The van der Waals surface area contributed by atoms with Gasteiger partial charge in [0.15, 0.2) is 0 Å². The maximum absolute atomic E-state index is 5.26. The lowest BCUT2D eigenvalue weighted by molar-refractivity contribution is 0.152. The van der Waals surface area contributed by atoms with Crippen molar-refractivity contribution >= 4 is 15.9 Å². The first kappa shape index (κ1) is 15.0. The van der Waals surface area contributed by atoms with Gasteiger partial charge in [-0.15, -0.1) is 0 Å². The fourth-order valence-corrected chi connectivity index (χ4v) is 3.50. The van der Waals surface area contributed by atoms with Gasteiger partial charge in [-0.3, -0.25) is 9.58 Å². The van der Waals surface area contributed by atoms with Gasteiger partial charge in [0.1, 0.15) is 0 Å². The van der Waals surface area contributed by atoms with E-state index in [-0.39, 0.29) is 0 Å². The molecule has 4 nitrogen and oxygen atoms in total. The van der Waals surface area contributed by atoms with E-state index in [2.05, 4.69) is 44.5 Å². The van der Waals surface area contributed by atoms with Crippen molar-refractivity contribution in [2.45, 2.75) is 39.8 Å². The topological polar surface area (TPSA) is 30.3 Å². The molecule has 0 N–H and O–H groups in total. The van der Waals surface area contributed by atoms with Gasteiger partial charge >= 0.3 is 0 Å². The van der Waals surface area contributed by atoms with E-state index < -0.39 is 0 Å². The van der Waals surface area contributed by atoms with Crippen LogP contribution in [0.25, 0.3) is 0 Å². The Morgan fingerprint density at radius 1 is 1.42 bits per heavy atom. The van der Waals surface area contributed by atoms with E-state index in [1.54, 1.807) is 7.11 Å². The van der Waals surface area contributed by atoms with Crippen molar-refractivity contribution in [2.75, 3.05) is 26.8 Å². The highest BCUT2D eigenvalue weighted by Crippen LogP contribution is 2.26. The molecule has 1 aliphatic heterocycles. The van der Waals surface area contributed by atoms with Crippen LogP contribution in [-0.2, 0) is 24.2 Å². The summed E-state index contributed by atoms with van der Waals surface area (Å²) in [6.45, 7) is 9.41. The highest BCUT2D eigenvalue weighted by molar-refractivity contribution is 9.10. The van der Waals surface area contributed by atoms with Crippen molar-refractivity contribution in [3.8, 4) is 0 Å². The third-order valence-electron chi connectivity index (χ3n) is 3.84. The summed E-state index contributed by atoms with van der Waals surface area (Å²) in [7, 11) is 1.79. The lowest BCUT2D eigenvalue weighted by atomic mass is 10.1. The number of aromatic nitrogens is 2. The van der Waals surface area contributed by atoms with Crippen LogP contribution in [0, 0.1) is 5.92 Å². The molecule has 0 amide bonds. The van der Waals surface area contributed by atoms with Crippen LogP contribution in [0.3, 0.4) is 0 Å². The van der Waals surface area contributed by atoms with Crippen molar-refractivity contribution in [1.29, 1.82) is 0 Å². The molecule has 0 bridgehead atoms. The van der Waals surface area contributed by atoms with E-state index in [0.717, 1.165) is 39.2 Å². The Kier molecular flexibility index (Phi) is 5.42. The highest BCUT2D eigenvalue weighted by Gasteiger charge is 2.24. The van der Waals surface area contributed by atoms with Gasteiger partial charge < -0.3 is 4.74 Å². The van der Waals surface area contributed by atoms with Crippen LogP contribution < -0.4 is 0 Å². The second kappa shape index (κ2) is 6.86. The number of ether oxygens (including phenoxy) is 1. The van der Waals surface area contributed by atoms with Gasteiger partial charge in [-0.05, 0) is 48.2 Å². The molecule has 1 fully saturated rings. The van der Waals surface area contributed by atoms with Crippen molar-refractivity contribution in [2.24, 2.45) is 5.92 Å². The fraction of sp³-hybridized carbons (Fsp3) is 0.786. The lowest BCUT2D eigenvalue weighted by Crippen LogP contribution is -2.23. The molecule has 2 rings (SSSR count). The fourth-order valence-electron chi connectivity index (χ4n) is 2.81. The summed E-state index contributed by atoms with van der Waals surface area (Å²) in [6, 6.07) is 0. The molecule has 1 unspecified atom stereocenters. The molecule has 108 valence electrons. The van der Waals surface area contributed by atoms with E-state index in [9.17, 15) is 0 Å². The molecule has 19 heavy (non-hydrogen) atoms. The lowest BCUT2D eigenvalue weighted by Gasteiger charge is -2.17. The molecule has 0 spiro atoms. The van der Waals surface area contributed by atoms with Gasteiger partial charge in [0, 0.05) is 26.7 Å². The Morgan fingerprint density at radius 2 is 2.21 bits per heavy atom. The van der Waals surface area contributed by atoms with E-state index >= 15 is 0 Å². The molecule has 0 radical (unpaired) electrons. The third-order valence-corrected chi connectivity index (χ3v) is 4.76. The monoisotopic (exact) mass is 329 g/mol. The van der Waals surface area contributed by atoms with Crippen molar-refractivity contribution in [1.82, 2.24) is 14.7 Å². The molecule has 1 atom stereocenters. The maximum atomic E-state index is 5.26. The number of aryl methyl sites for hydroxylation is 2. The maximum Gasteiger partial charge on any atom is 0.0767 e. The molecule has 0 saturated carbocycles. The van der Waals surface area contributed by atoms with E-state index in [1.807, 2.05) is 0 Å². The van der Waals surface area contributed by atoms with Crippen LogP contribution >= 0.6 is 15.9 Å². The first-order chi connectivity index (χ1) is 9.19. The van der Waals surface area contributed by atoms with Crippen LogP contribution in [0.2, 0.25) is 0 Å². The van der Waals surface area contributed by atoms with Gasteiger partial charge in [0.2, 0.25) is 0 Å². The van der Waals surface area contributed by atoms with Crippen LogP contribution in [0.5, 0.6) is 0 Å². The van der Waals surface area contributed by atoms with Gasteiger partial charge in [-0.1, -0.05) is 6.92 Å². The SMILES string of the molecule is CCc1nn(CC)c(CN2CCC(COC)C2)c1Br. The van der Waals surface area contributed by atoms with E-state index in [0.29, 0.717) is 5.92 Å². The number of rotatable bonds is 6. The number of hydrogen-bond donors (Lipinski definition) is 0. The van der Waals surface area contributed by atoms with Crippen LogP contribution in [0.15, 0.2) is 4.47 Å². The quantitative estimate of drug-likeness (QED) is 0.803. The summed E-state index contributed by atoms with van der Waals surface area (Å²) in [4.78, 5) is 2.51. The molecule has 5 heteroatoms. The second-order valence-corrected chi connectivity index (χ2v) is 6.01. The predicted octanol–water partition coefficient (Wildman–Crippen LogP) is 2.70. The van der Waals surface area contributed by atoms with Crippen LogP contribution in [0.4, 0.5) is 0 Å². The predicted molar refractivity (Wildman–Crippen MR) is 80.2 cm³/mol. The summed E-state index contributed by atoms with van der Waals surface area (Å²) in [5, 5.41) is 4.66. The average Bonchev–Trinajstić information content (AvgIpc) is 2.97. The zero-order valence-corrected chi connectivity index (χ0v) is 13.7. The smallest absolute Gasteiger partial charge is 0.0767 e. The van der Waals surface area contributed by atoms with Gasteiger partial charge in [0.25, 0.3) is 0 Å². The van der Waals surface area contributed by atoms with Crippen molar-refractivity contribution < 1.29 is 4.74 Å². The normalized spacial score (nSPS) is 20.3. The molecular weight excluding hydrogens is 306 g/mol.